The number of benzene rings is 2. The molecule has 0 aromatic heterocycles. The maximum absolute atomic E-state index is 11.4. The number of hydrogen-bond donors (Lipinski definition) is 4. The fourth-order valence-corrected chi connectivity index (χ4v) is 1.81. The van der Waals surface area contributed by atoms with Gasteiger partial charge in [-0.25, -0.2) is 10.9 Å². The van der Waals surface area contributed by atoms with Crippen molar-refractivity contribution in [2.75, 3.05) is 0 Å². The van der Waals surface area contributed by atoms with Crippen molar-refractivity contribution in [2.45, 2.75) is 13.8 Å². The number of carbonyl (C=O) groups is 4. The average Bonchev–Trinajstić information content (AvgIpc) is 2.76. The number of carboxylic acids is 2. The molecule has 2 amide bonds. The number of nitrogens with one attached hydrogen (secondary N) is 2. The normalized spacial score (nSPS) is 9.72. The van der Waals surface area contributed by atoms with E-state index in [0.29, 0.717) is 0 Å². The maximum atomic E-state index is 11.4. The molecule has 200 valence electrons. The molecule has 16 heteroatoms. The summed E-state index contributed by atoms with van der Waals surface area (Å²) in [4.78, 5) is 43.3. The maximum Gasteiger partial charge on any atom is 2.00 e. The van der Waals surface area contributed by atoms with Gasteiger partial charge in [-0.3, -0.25) is 9.59 Å². The minimum absolute atomic E-state index is 0. The summed E-state index contributed by atoms with van der Waals surface area (Å²) in [6.45, 7) is 2.36. The number of aromatic hydroxyl groups is 2. The molecule has 0 bridgehead atoms. The molecule has 0 aliphatic rings. The number of carboxylic acid groups (broad SMARTS) is 2. The first-order valence-corrected chi connectivity index (χ1v) is 8.72. The van der Waals surface area contributed by atoms with Gasteiger partial charge in [-0.15, -0.1) is 0 Å². The third kappa shape index (κ3) is 12.8. The fraction of sp³-hybridized carbons (Fsp3) is 0.100. The van der Waals surface area contributed by atoms with Crippen LogP contribution in [0.3, 0.4) is 0 Å². The Hall–Kier alpha value is -4.37. The van der Waals surface area contributed by atoms with Crippen LogP contribution in [0.25, 0.3) is 0 Å². The molecule has 10 N–H and O–H groups in total. The minimum Gasteiger partial charge on any atom is -0.543 e. The molecule has 0 aliphatic heterocycles. The first-order chi connectivity index (χ1) is 15.0. The van der Waals surface area contributed by atoms with E-state index >= 15 is 0 Å². The van der Waals surface area contributed by atoms with Crippen molar-refractivity contribution in [2.24, 2.45) is 10.2 Å². The van der Waals surface area contributed by atoms with Crippen molar-refractivity contribution >= 4 is 35.2 Å². The van der Waals surface area contributed by atoms with Crippen molar-refractivity contribution in [3.8, 4) is 11.5 Å². The predicted molar refractivity (Wildman–Crippen MR) is 118 cm³/mol. The van der Waals surface area contributed by atoms with Crippen LogP contribution in [0.4, 0.5) is 0 Å². The van der Waals surface area contributed by atoms with Gasteiger partial charge in [-0.1, -0.05) is 24.3 Å². The molecule has 36 heavy (non-hydrogen) atoms. The monoisotopic (exact) mass is 554 g/mol. The van der Waals surface area contributed by atoms with Gasteiger partial charge in [0.2, 0.25) is 0 Å². The summed E-state index contributed by atoms with van der Waals surface area (Å²) in [5.41, 5.74) is 3.29. The summed E-state index contributed by atoms with van der Waals surface area (Å²) >= 11 is 0. The standard InChI is InChI=1S/2C10H10N2O4.Ni.3H2O/c2*1-6(10(15)16)11-12-9(14)7-4-2-3-5-8(7)13;;;;/h2*2-5,13H,1H3,(H,12,14)(H,15,16);;3*1H2/q;;+2;;;/p-2/b2*11-6+;;;;. The van der Waals surface area contributed by atoms with E-state index in [9.17, 15) is 39.6 Å². The van der Waals surface area contributed by atoms with Gasteiger partial charge in [0.15, 0.2) is 0 Å². The van der Waals surface area contributed by atoms with Gasteiger partial charge < -0.3 is 46.4 Å². The first-order valence-electron chi connectivity index (χ1n) is 8.72. The summed E-state index contributed by atoms with van der Waals surface area (Å²) in [5, 5.41) is 45.8. The molecule has 0 aliphatic carbocycles. The van der Waals surface area contributed by atoms with Crippen LogP contribution >= 0.6 is 0 Å². The minimum atomic E-state index is -1.47. The summed E-state index contributed by atoms with van der Waals surface area (Å²) in [7, 11) is 0. The van der Waals surface area contributed by atoms with E-state index in [1.807, 2.05) is 10.9 Å². The summed E-state index contributed by atoms with van der Waals surface area (Å²) < 4.78 is 0. The van der Waals surface area contributed by atoms with E-state index in [0.717, 1.165) is 0 Å². The number of aliphatic carboxylic acids is 2. The Bertz CT molecular complexity index is 1010. The summed E-state index contributed by atoms with van der Waals surface area (Å²) in [5.74, 6) is -4.75. The Balaban J connectivity index is -0.000000256. The third-order valence-corrected chi connectivity index (χ3v) is 3.54. The van der Waals surface area contributed by atoms with Crippen molar-refractivity contribution in [1.82, 2.24) is 10.9 Å². The SMILES string of the molecule is C/C(=N\NC(=O)c1ccccc1O)C(=O)[O-].C/C(=N\NC(=O)c1ccccc1O)C(=O)[O-].O.O.O.[Ni+2]. The molecule has 0 unspecified atom stereocenters. The molecule has 0 atom stereocenters. The quantitative estimate of drug-likeness (QED) is 0.154. The van der Waals surface area contributed by atoms with Crippen molar-refractivity contribution in [3.05, 3.63) is 59.7 Å². The van der Waals surface area contributed by atoms with E-state index in [4.69, 9.17) is 0 Å². The Morgan fingerprint density at radius 3 is 1.19 bits per heavy atom. The smallest absolute Gasteiger partial charge is 0.543 e. The Morgan fingerprint density at radius 2 is 0.944 bits per heavy atom. The molecular weight excluding hydrogens is 531 g/mol. The van der Waals surface area contributed by atoms with Crippen LogP contribution in [0.15, 0.2) is 58.7 Å². The van der Waals surface area contributed by atoms with Gasteiger partial charge in [-0.05, 0) is 38.1 Å². The van der Waals surface area contributed by atoms with Crippen molar-refractivity contribution in [1.29, 1.82) is 0 Å². The predicted octanol–water partition coefficient (Wildman–Crippen LogP) is -3.98. The van der Waals surface area contributed by atoms with Crippen LogP contribution in [-0.4, -0.2) is 61.8 Å². The second-order valence-corrected chi connectivity index (χ2v) is 5.89. The number of rotatable bonds is 6. The molecule has 0 fully saturated rings. The number of phenols is 2. The first kappa shape index (κ1) is 38.9. The van der Waals surface area contributed by atoms with Crippen LogP contribution in [0, 0.1) is 0 Å². The Labute approximate surface area is 214 Å². The molecular formula is C20H24N4NiO11. The van der Waals surface area contributed by atoms with E-state index in [1.165, 1.54) is 38.1 Å². The van der Waals surface area contributed by atoms with Crippen molar-refractivity contribution in [3.63, 3.8) is 0 Å². The zero-order valence-electron chi connectivity index (χ0n) is 18.7. The van der Waals surface area contributed by atoms with Gasteiger partial charge in [-0.2, -0.15) is 10.2 Å². The second-order valence-electron chi connectivity index (χ2n) is 5.89. The largest absolute Gasteiger partial charge is 2.00 e. The van der Waals surface area contributed by atoms with Gasteiger partial charge in [0.1, 0.15) is 11.5 Å². The molecule has 15 nitrogen and oxygen atoms in total. The Morgan fingerprint density at radius 1 is 0.667 bits per heavy atom. The van der Waals surface area contributed by atoms with E-state index in [-0.39, 0.29) is 67.0 Å². The molecule has 0 spiro atoms. The molecule has 0 heterocycles. The average molecular weight is 555 g/mol. The zero-order chi connectivity index (χ0) is 24.3. The molecule has 2 aromatic carbocycles. The van der Waals surface area contributed by atoms with Crippen LogP contribution in [0.1, 0.15) is 34.6 Å². The van der Waals surface area contributed by atoms with E-state index in [2.05, 4.69) is 10.2 Å². The molecule has 0 saturated heterocycles. The number of para-hydroxylation sites is 2. The molecule has 0 saturated carbocycles. The fourth-order valence-electron chi connectivity index (χ4n) is 1.81. The van der Waals surface area contributed by atoms with Crippen LogP contribution in [-0.2, 0) is 26.1 Å². The molecule has 0 radical (unpaired) electrons. The summed E-state index contributed by atoms with van der Waals surface area (Å²) in [6.07, 6.45) is 0. The summed E-state index contributed by atoms with van der Waals surface area (Å²) in [6, 6.07) is 11.7. The van der Waals surface area contributed by atoms with Crippen LogP contribution in [0.5, 0.6) is 11.5 Å². The van der Waals surface area contributed by atoms with Crippen molar-refractivity contribution < 1.29 is 72.5 Å². The number of nitrogens with zero attached hydrogens (tertiary/aromatic N) is 2. The van der Waals surface area contributed by atoms with Gasteiger partial charge >= 0.3 is 16.5 Å². The van der Waals surface area contributed by atoms with E-state index in [1.54, 1.807) is 24.3 Å². The topological polar surface area (TPSA) is 298 Å². The van der Waals surface area contributed by atoms with Gasteiger partial charge in [0.05, 0.1) is 34.5 Å². The number of amides is 2. The molecule has 2 aromatic rings. The van der Waals surface area contributed by atoms with Crippen LogP contribution < -0.4 is 21.1 Å². The molecule has 2 rings (SSSR count). The number of hydrazone groups is 2. The number of phenolic OH excluding ortho intramolecular Hbond substituents is 2. The Kier molecular flexibility index (Phi) is 20.5. The zero-order valence-corrected chi connectivity index (χ0v) is 19.7. The third-order valence-electron chi connectivity index (χ3n) is 3.54. The number of hydrogen-bond acceptors (Lipinski definition) is 10. The second kappa shape index (κ2) is 19.0. The number of carbonyl (C=O) groups excluding carboxylic acids is 4. The van der Waals surface area contributed by atoms with E-state index < -0.39 is 23.8 Å². The van der Waals surface area contributed by atoms with Gasteiger partial charge in [0.25, 0.3) is 11.8 Å². The van der Waals surface area contributed by atoms with Crippen LogP contribution in [0.2, 0.25) is 0 Å². The van der Waals surface area contributed by atoms with Gasteiger partial charge in [0, 0.05) is 0 Å².